The Morgan fingerprint density at radius 2 is 1.77 bits per heavy atom. The van der Waals surface area contributed by atoms with Gasteiger partial charge in [-0.15, -0.1) is 0 Å². The lowest BCUT2D eigenvalue weighted by Crippen LogP contribution is -2.37. The molecule has 0 atom stereocenters. The maximum atomic E-state index is 13.2. The van der Waals surface area contributed by atoms with Gasteiger partial charge in [-0.2, -0.15) is 0 Å². The third-order valence-electron chi connectivity index (χ3n) is 4.81. The van der Waals surface area contributed by atoms with Gasteiger partial charge < -0.3 is 4.90 Å². The monoisotopic (exact) mass is 479 g/mol. The summed E-state index contributed by atoms with van der Waals surface area (Å²) in [5.74, 6) is -1.10. The maximum Gasteiger partial charge on any atom is 0.244 e. The van der Waals surface area contributed by atoms with Gasteiger partial charge in [0.05, 0.1) is 15.1 Å². The van der Waals surface area contributed by atoms with E-state index in [1.807, 2.05) is 38.9 Å². The highest BCUT2D eigenvalue weighted by Crippen LogP contribution is 2.32. The zero-order valence-electron chi connectivity index (χ0n) is 18.1. The molecule has 0 unspecified atom stereocenters. The van der Waals surface area contributed by atoms with Crippen molar-refractivity contribution in [2.45, 2.75) is 25.2 Å². The molecule has 3 rings (SSSR count). The fourth-order valence-corrected chi connectivity index (χ4v) is 5.70. The predicted octanol–water partition coefficient (Wildman–Crippen LogP) is 4.33. The number of nitrogens with zero attached hydrogens (tertiary/aromatic N) is 3. The Balaban J connectivity index is 1.92. The molecule has 0 aliphatic heterocycles. The molecule has 0 fully saturated rings. The molecule has 2 aromatic carbocycles. The number of thiazole rings is 1. The topological polar surface area (TPSA) is 70.6 Å². The summed E-state index contributed by atoms with van der Waals surface area (Å²) in [5, 5.41) is 0.967. The van der Waals surface area contributed by atoms with E-state index in [9.17, 15) is 13.2 Å². The van der Waals surface area contributed by atoms with E-state index in [0.29, 0.717) is 23.1 Å². The summed E-state index contributed by atoms with van der Waals surface area (Å²) in [6.45, 7) is 5.19. The van der Waals surface area contributed by atoms with Crippen molar-refractivity contribution < 1.29 is 13.2 Å². The molecule has 3 aromatic rings. The van der Waals surface area contributed by atoms with E-state index in [1.165, 1.54) is 40.5 Å². The number of halogens is 1. The number of rotatable bonds is 8. The molecule has 0 aliphatic rings. The molecule has 9 heteroatoms. The van der Waals surface area contributed by atoms with Gasteiger partial charge in [0.1, 0.15) is 5.75 Å². The Hall–Kier alpha value is -2.00. The van der Waals surface area contributed by atoms with Crippen molar-refractivity contribution in [3.05, 3.63) is 52.5 Å². The zero-order chi connectivity index (χ0) is 22.8. The Kier molecular flexibility index (Phi) is 7.36. The summed E-state index contributed by atoms with van der Waals surface area (Å²) >= 11 is 7.28. The van der Waals surface area contributed by atoms with Gasteiger partial charge in [-0.3, -0.25) is 9.69 Å². The number of aryl methyl sites for hydroxylation is 2. The molecule has 1 aromatic heterocycles. The van der Waals surface area contributed by atoms with Crippen molar-refractivity contribution in [3.8, 4) is 0 Å². The van der Waals surface area contributed by atoms with Crippen molar-refractivity contribution in [3.63, 3.8) is 0 Å². The van der Waals surface area contributed by atoms with E-state index < -0.39 is 21.5 Å². The first-order valence-electron chi connectivity index (χ1n) is 9.88. The van der Waals surface area contributed by atoms with Crippen LogP contribution in [0.5, 0.6) is 0 Å². The second-order valence-electron chi connectivity index (χ2n) is 7.84. The number of hydrogen-bond donors (Lipinski definition) is 0. The number of fused-ring (bicyclic) bond motifs is 1. The van der Waals surface area contributed by atoms with Gasteiger partial charge in [0.15, 0.2) is 15.0 Å². The molecule has 0 radical (unpaired) electrons. The van der Waals surface area contributed by atoms with Gasteiger partial charge >= 0.3 is 0 Å². The summed E-state index contributed by atoms with van der Waals surface area (Å²) in [6.07, 6.45) is 0.702. The Morgan fingerprint density at radius 1 is 1.10 bits per heavy atom. The minimum atomic E-state index is -3.80. The lowest BCUT2D eigenvalue weighted by atomic mass is 10.1. The van der Waals surface area contributed by atoms with Crippen molar-refractivity contribution in [2.24, 2.45) is 0 Å². The van der Waals surface area contributed by atoms with Crippen molar-refractivity contribution in [2.75, 3.05) is 37.8 Å². The molecule has 0 spiro atoms. The van der Waals surface area contributed by atoms with Crippen LogP contribution in [0.4, 0.5) is 5.13 Å². The molecule has 0 aliphatic carbocycles. The Bertz CT molecular complexity index is 1190. The third-order valence-corrected chi connectivity index (χ3v) is 7.91. The second-order valence-corrected chi connectivity index (χ2v) is 11.2. The minimum absolute atomic E-state index is 0.0780. The van der Waals surface area contributed by atoms with Crippen LogP contribution in [0.3, 0.4) is 0 Å². The van der Waals surface area contributed by atoms with Crippen LogP contribution in [-0.2, 0) is 14.6 Å². The van der Waals surface area contributed by atoms with Crippen LogP contribution in [0.1, 0.15) is 17.5 Å². The van der Waals surface area contributed by atoms with E-state index in [4.69, 9.17) is 11.6 Å². The summed E-state index contributed by atoms with van der Waals surface area (Å²) in [6, 6.07) is 9.91. The maximum absolute atomic E-state index is 13.2. The van der Waals surface area contributed by atoms with Crippen molar-refractivity contribution >= 4 is 54.0 Å². The van der Waals surface area contributed by atoms with E-state index >= 15 is 0 Å². The summed E-state index contributed by atoms with van der Waals surface area (Å²) in [5.41, 5.74) is 3.01. The molecule has 0 saturated carbocycles. The highest BCUT2D eigenvalue weighted by Gasteiger charge is 2.26. The first kappa shape index (κ1) is 23.7. The van der Waals surface area contributed by atoms with E-state index in [0.717, 1.165) is 27.9 Å². The third kappa shape index (κ3) is 5.83. The van der Waals surface area contributed by atoms with Crippen LogP contribution in [0, 0.1) is 13.8 Å². The number of benzene rings is 2. The smallest absolute Gasteiger partial charge is 0.244 e. The van der Waals surface area contributed by atoms with Crippen LogP contribution in [-0.4, -0.2) is 57.1 Å². The van der Waals surface area contributed by atoms with E-state index in [1.54, 1.807) is 0 Å². The van der Waals surface area contributed by atoms with Crippen molar-refractivity contribution in [1.29, 1.82) is 0 Å². The number of hydrogen-bond acceptors (Lipinski definition) is 6. The highest BCUT2D eigenvalue weighted by molar-refractivity contribution is 7.92. The second kappa shape index (κ2) is 9.65. The normalized spacial score (nSPS) is 11.9. The number of amides is 1. The quantitative estimate of drug-likeness (QED) is 0.481. The summed E-state index contributed by atoms with van der Waals surface area (Å²) < 4.78 is 26.7. The summed E-state index contributed by atoms with van der Waals surface area (Å²) in [4.78, 5) is 21.5. The first-order valence-corrected chi connectivity index (χ1v) is 12.7. The average molecular weight is 480 g/mol. The zero-order valence-corrected chi connectivity index (χ0v) is 20.4. The number of carbonyl (C=O) groups is 1. The number of aromatic nitrogens is 1. The van der Waals surface area contributed by atoms with Crippen LogP contribution in [0.25, 0.3) is 10.2 Å². The molecule has 0 N–H and O–H groups in total. The lowest BCUT2D eigenvalue weighted by Gasteiger charge is -2.21. The van der Waals surface area contributed by atoms with E-state index in [2.05, 4.69) is 11.1 Å². The molecule has 166 valence electrons. The Morgan fingerprint density at radius 3 is 2.42 bits per heavy atom. The number of sulfone groups is 1. The molecule has 1 heterocycles. The Labute approximate surface area is 192 Å². The highest BCUT2D eigenvalue weighted by atomic mass is 35.5. The van der Waals surface area contributed by atoms with Crippen LogP contribution < -0.4 is 4.90 Å². The minimum Gasteiger partial charge on any atom is -0.309 e. The standard InChI is InChI=1S/C22H26ClN3O3S2/c1-15-12-16(2)21-19(13-15)24-22(30-21)26(11-5-10-25(3)4)20(27)14-31(28,29)18-8-6-17(23)7-9-18/h6-9,12-13H,5,10-11,14H2,1-4H3. The number of carbonyl (C=O) groups excluding carboxylic acids is 1. The first-order chi connectivity index (χ1) is 14.6. The summed E-state index contributed by atoms with van der Waals surface area (Å²) in [7, 11) is 0.120. The van der Waals surface area contributed by atoms with Gasteiger partial charge in [-0.1, -0.05) is 29.0 Å². The molecular formula is C22H26ClN3O3S2. The lowest BCUT2D eigenvalue weighted by molar-refractivity contribution is -0.116. The van der Waals surface area contributed by atoms with Crippen LogP contribution >= 0.6 is 22.9 Å². The van der Waals surface area contributed by atoms with Crippen LogP contribution in [0.15, 0.2) is 41.3 Å². The van der Waals surface area contributed by atoms with Gasteiger partial charge in [0, 0.05) is 11.6 Å². The fraction of sp³-hybridized carbons (Fsp3) is 0.364. The average Bonchev–Trinajstić information content (AvgIpc) is 3.08. The number of anilines is 1. The van der Waals surface area contributed by atoms with Gasteiger partial charge in [0.25, 0.3) is 0 Å². The van der Waals surface area contributed by atoms with Crippen LogP contribution in [0.2, 0.25) is 5.02 Å². The van der Waals surface area contributed by atoms with Gasteiger partial charge in [0.2, 0.25) is 5.91 Å². The SMILES string of the molecule is Cc1cc(C)c2sc(N(CCCN(C)C)C(=O)CS(=O)(=O)c3ccc(Cl)cc3)nc2c1. The fourth-order valence-electron chi connectivity index (χ4n) is 3.32. The molecule has 31 heavy (non-hydrogen) atoms. The van der Waals surface area contributed by atoms with E-state index in [-0.39, 0.29) is 4.90 Å². The molecule has 6 nitrogen and oxygen atoms in total. The predicted molar refractivity (Wildman–Crippen MR) is 128 cm³/mol. The molecule has 0 saturated heterocycles. The van der Waals surface area contributed by atoms with Gasteiger partial charge in [-0.25, -0.2) is 13.4 Å². The molecule has 1 amide bonds. The van der Waals surface area contributed by atoms with Gasteiger partial charge in [-0.05, 0) is 82.4 Å². The largest absolute Gasteiger partial charge is 0.309 e. The molecule has 0 bridgehead atoms. The van der Waals surface area contributed by atoms with Crippen molar-refractivity contribution in [1.82, 2.24) is 9.88 Å². The molecular weight excluding hydrogens is 454 g/mol.